The van der Waals surface area contributed by atoms with Gasteiger partial charge in [0, 0.05) is 40.0 Å². The standard InChI is InChI=1S/C30H25N7O3/c38-27-11-17-5-7-24(34-29(17)36-27)20-10-22(15-31-13-20)40-16-21(9-19-14-32-25-4-2-1-3-23(19)25)33-26-8-6-18-12-28(39)37-30(18)35-26/h1-8,10,13-15,21,32H,9,11-12,16H2,(H,34,36,38)(H2,33,35,37,39)/t21-/m0/s1. The lowest BCUT2D eigenvalue weighted by Gasteiger charge is -2.20. The predicted octanol–water partition coefficient (Wildman–Crippen LogP) is 4.11. The summed E-state index contributed by atoms with van der Waals surface area (Å²) in [4.78, 5) is 40.5. The highest BCUT2D eigenvalue weighted by Crippen LogP contribution is 2.28. The maximum atomic E-state index is 11.8. The quantitative estimate of drug-likeness (QED) is 0.237. The number of aromatic nitrogens is 4. The number of carbonyl (C=O) groups is 2. The molecule has 4 N–H and O–H groups in total. The summed E-state index contributed by atoms with van der Waals surface area (Å²) in [6.45, 7) is 0.337. The van der Waals surface area contributed by atoms with Crippen LogP contribution in [0.5, 0.6) is 5.75 Å². The van der Waals surface area contributed by atoms with Gasteiger partial charge in [-0.2, -0.15) is 0 Å². The molecule has 0 saturated heterocycles. The summed E-state index contributed by atoms with van der Waals surface area (Å²) >= 11 is 0. The van der Waals surface area contributed by atoms with Gasteiger partial charge in [-0.15, -0.1) is 0 Å². The molecule has 0 spiro atoms. The van der Waals surface area contributed by atoms with E-state index in [4.69, 9.17) is 4.74 Å². The summed E-state index contributed by atoms with van der Waals surface area (Å²) in [6.07, 6.45) is 6.79. The first kappa shape index (κ1) is 23.8. The van der Waals surface area contributed by atoms with Crippen LogP contribution in [0.25, 0.3) is 22.2 Å². The molecule has 10 heteroatoms. The number of carbonyl (C=O) groups excluding carboxylic acids is 2. The number of amides is 2. The highest BCUT2D eigenvalue weighted by molar-refractivity contribution is 5.98. The average molecular weight is 532 g/mol. The number of fused-ring (bicyclic) bond motifs is 3. The number of nitrogens with one attached hydrogen (secondary N) is 4. The van der Waals surface area contributed by atoms with Gasteiger partial charge < -0.3 is 25.7 Å². The second kappa shape index (κ2) is 9.81. The Bertz CT molecular complexity index is 1780. The minimum Gasteiger partial charge on any atom is -0.490 e. The van der Waals surface area contributed by atoms with Gasteiger partial charge in [-0.05, 0) is 36.2 Å². The topological polar surface area (TPSA) is 134 Å². The van der Waals surface area contributed by atoms with Crippen molar-refractivity contribution in [1.82, 2.24) is 19.9 Å². The molecule has 0 unspecified atom stereocenters. The molecule has 0 bridgehead atoms. The number of rotatable bonds is 8. The highest BCUT2D eigenvalue weighted by atomic mass is 16.5. The van der Waals surface area contributed by atoms with Crippen LogP contribution in [0.2, 0.25) is 0 Å². The Morgan fingerprint density at radius 2 is 1.68 bits per heavy atom. The Morgan fingerprint density at radius 3 is 2.52 bits per heavy atom. The molecule has 0 fully saturated rings. The van der Waals surface area contributed by atoms with Gasteiger partial charge in [0.2, 0.25) is 11.8 Å². The maximum absolute atomic E-state index is 11.8. The number of nitrogens with zero attached hydrogens (tertiary/aromatic N) is 3. The lowest BCUT2D eigenvalue weighted by molar-refractivity contribution is -0.115. The van der Waals surface area contributed by atoms with Gasteiger partial charge in [-0.25, -0.2) is 9.97 Å². The summed E-state index contributed by atoms with van der Waals surface area (Å²) in [7, 11) is 0. The Balaban J connectivity index is 1.12. The van der Waals surface area contributed by atoms with Crippen LogP contribution < -0.4 is 20.7 Å². The van der Waals surface area contributed by atoms with Gasteiger partial charge in [0.05, 0.1) is 30.8 Å². The second-order valence-corrected chi connectivity index (χ2v) is 9.98. The van der Waals surface area contributed by atoms with Crippen molar-refractivity contribution < 1.29 is 14.3 Å². The van der Waals surface area contributed by atoms with E-state index in [2.05, 4.69) is 48.0 Å². The SMILES string of the molecule is O=C1Cc2ccc(N[C@H](COc3cncc(-c4ccc5c(n4)NC(=O)C5)c3)Cc3c[nH]c4ccccc34)nc2N1. The van der Waals surface area contributed by atoms with Crippen LogP contribution in [-0.4, -0.2) is 44.4 Å². The number of para-hydroxylation sites is 1. The van der Waals surface area contributed by atoms with E-state index in [1.54, 1.807) is 12.4 Å². The molecule has 7 rings (SSSR count). The van der Waals surface area contributed by atoms with E-state index in [0.29, 0.717) is 54.8 Å². The summed E-state index contributed by atoms with van der Waals surface area (Å²) in [5.74, 6) is 2.34. The summed E-state index contributed by atoms with van der Waals surface area (Å²) in [5.41, 5.74) is 5.51. The fourth-order valence-electron chi connectivity index (χ4n) is 5.18. The van der Waals surface area contributed by atoms with Crippen LogP contribution in [-0.2, 0) is 28.9 Å². The fourth-order valence-corrected chi connectivity index (χ4v) is 5.18. The van der Waals surface area contributed by atoms with Crippen molar-refractivity contribution in [3.63, 3.8) is 0 Å². The zero-order valence-electron chi connectivity index (χ0n) is 21.4. The molecule has 198 valence electrons. The van der Waals surface area contributed by atoms with E-state index in [0.717, 1.165) is 33.2 Å². The van der Waals surface area contributed by atoms with Gasteiger partial charge in [0.1, 0.15) is 29.8 Å². The summed E-state index contributed by atoms with van der Waals surface area (Å²) in [6, 6.07) is 17.6. The Hall–Kier alpha value is -5.25. The van der Waals surface area contributed by atoms with Crippen LogP contribution in [0.15, 0.2) is 73.2 Å². The fraction of sp³-hybridized carbons (Fsp3) is 0.167. The minimum absolute atomic E-state index is 0.0500. The van der Waals surface area contributed by atoms with E-state index in [-0.39, 0.29) is 17.9 Å². The van der Waals surface area contributed by atoms with E-state index >= 15 is 0 Å². The number of aromatic amines is 1. The summed E-state index contributed by atoms with van der Waals surface area (Å²) < 4.78 is 6.25. The molecule has 0 saturated carbocycles. The van der Waals surface area contributed by atoms with Crippen LogP contribution in [0.1, 0.15) is 16.7 Å². The van der Waals surface area contributed by atoms with Crippen LogP contribution in [0.4, 0.5) is 17.5 Å². The highest BCUT2D eigenvalue weighted by Gasteiger charge is 2.22. The molecule has 0 aliphatic carbocycles. The molecule has 40 heavy (non-hydrogen) atoms. The summed E-state index contributed by atoms with van der Waals surface area (Å²) in [5, 5.41) is 10.3. The first-order valence-corrected chi connectivity index (χ1v) is 13.1. The number of hydrogen-bond donors (Lipinski definition) is 4. The van der Waals surface area contributed by atoms with Gasteiger partial charge in [-0.1, -0.05) is 30.3 Å². The van der Waals surface area contributed by atoms with Crippen molar-refractivity contribution in [2.24, 2.45) is 0 Å². The van der Waals surface area contributed by atoms with Crippen molar-refractivity contribution in [2.75, 3.05) is 22.6 Å². The number of hydrogen-bond acceptors (Lipinski definition) is 7. The first-order chi connectivity index (χ1) is 19.6. The van der Waals surface area contributed by atoms with Gasteiger partial charge in [0.15, 0.2) is 0 Å². The normalized spacial score (nSPS) is 14.4. The molecule has 2 amide bonds. The Labute approximate surface area is 229 Å². The third kappa shape index (κ3) is 4.71. The molecular weight excluding hydrogens is 506 g/mol. The molecule has 2 aliphatic heterocycles. The Kier molecular flexibility index (Phi) is 5.85. The maximum Gasteiger partial charge on any atom is 0.230 e. The monoisotopic (exact) mass is 531 g/mol. The zero-order chi connectivity index (χ0) is 27.1. The minimum atomic E-state index is -0.140. The number of H-pyrrole nitrogens is 1. The lowest BCUT2D eigenvalue weighted by atomic mass is 10.1. The number of benzene rings is 1. The van der Waals surface area contributed by atoms with Crippen molar-refractivity contribution in [2.45, 2.75) is 25.3 Å². The number of ether oxygens (including phenoxy) is 1. The Morgan fingerprint density at radius 1 is 0.900 bits per heavy atom. The average Bonchev–Trinajstić information content (AvgIpc) is 3.66. The third-order valence-electron chi connectivity index (χ3n) is 7.13. The number of pyridine rings is 3. The van der Waals surface area contributed by atoms with E-state index in [1.165, 1.54) is 0 Å². The predicted molar refractivity (Wildman–Crippen MR) is 151 cm³/mol. The molecular formula is C30H25N7O3. The van der Waals surface area contributed by atoms with Crippen LogP contribution in [0.3, 0.4) is 0 Å². The molecule has 2 aliphatic rings. The molecule has 0 radical (unpaired) electrons. The molecule has 1 aromatic carbocycles. The second-order valence-electron chi connectivity index (χ2n) is 9.98. The van der Waals surface area contributed by atoms with Crippen molar-refractivity contribution in [1.29, 1.82) is 0 Å². The smallest absolute Gasteiger partial charge is 0.230 e. The van der Waals surface area contributed by atoms with Crippen molar-refractivity contribution in [3.05, 3.63) is 89.9 Å². The number of anilines is 3. The molecule has 6 heterocycles. The molecule has 5 aromatic rings. The van der Waals surface area contributed by atoms with E-state index in [1.807, 2.05) is 48.7 Å². The van der Waals surface area contributed by atoms with Crippen LogP contribution in [0, 0.1) is 0 Å². The molecule has 1 atom stereocenters. The van der Waals surface area contributed by atoms with Gasteiger partial charge >= 0.3 is 0 Å². The molecule has 10 nitrogen and oxygen atoms in total. The zero-order valence-corrected chi connectivity index (χ0v) is 21.4. The molecule has 4 aromatic heterocycles. The van der Waals surface area contributed by atoms with Gasteiger partial charge in [-0.3, -0.25) is 14.6 Å². The van der Waals surface area contributed by atoms with Crippen molar-refractivity contribution in [3.8, 4) is 17.0 Å². The lowest BCUT2D eigenvalue weighted by Crippen LogP contribution is -2.30. The first-order valence-electron chi connectivity index (χ1n) is 13.1. The van der Waals surface area contributed by atoms with Gasteiger partial charge in [0.25, 0.3) is 0 Å². The largest absolute Gasteiger partial charge is 0.490 e. The van der Waals surface area contributed by atoms with E-state index < -0.39 is 0 Å². The van der Waals surface area contributed by atoms with Crippen molar-refractivity contribution >= 4 is 40.2 Å². The third-order valence-corrected chi connectivity index (χ3v) is 7.13. The van der Waals surface area contributed by atoms with Crippen LogP contribution >= 0.6 is 0 Å². The van der Waals surface area contributed by atoms with E-state index in [9.17, 15) is 9.59 Å².